The molecule has 0 amide bonds. The summed E-state index contributed by atoms with van der Waals surface area (Å²) >= 11 is 6.02. The first-order valence-electron chi connectivity index (χ1n) is 8.48. The molecule has 150 valence electrons. The molecule has 0 atom stereocenters. The van der Waals surface area contributed by atoms with Crippen LogP contribution in [0.3, 0.4) is 0 Å². The van der Waals surface area contributed by atoms with E-state index in [9.17, 15) is 13.2 Å². The van der Waals surface area contributed by atoms with Gasteiger partial charge in [0.15, 0.2) is 5.58 Å². The second-order valence-corrected chi connectivity index (χ2v) is 8.61. The van der Waals surface area contributed by atoms with Crippen LogP contribution in [-0.4, -0.2) is 38.5 Å². The van der Waals surface area contributed by atoms with E-state index in [1.165, 1.54) is 6.07 Å². The monoisotopic (exact) mass is 424 g/mol. The van der Waals surface area contributed by atoms with Crippen molar-refractivity contribution in [2.24, 2.45) is 5.14 Å². The van der Waals surface area contributed by atoms with Crippen LogP contribution in [0, 0.1) is 0 Å². The molecular formula is C18H21ClN4O4S. The lowest BCUT2D eigenvalue weighted by molar-refractivity contribution is 0.374. The number of nitrogens with one attached hydrogen (secondary N) is 1. The lowest BCUT2D eigenvalue weighted by atomic mass is 10.2. The van der Waals surface area contributed by atoms with Crippen molar-refractivity contribution in [3.8, 4) is 0 Å². The molecule has 2 aromatic carbocycles. The number of nitrogens with two attached hydrogens (primary N) is 1. The van der Waals surface area contributed by atoms with Crippen molar-refractivity contribution >= 4 is 38.4 Å². The van der Waals surface area contributed by atoms with E-state index in [-0.39, 0.29) is 15.7 Å². The molecule has 8 nitrogen and oxygen atoms in total. The van der Waals surface area contributed by atoms with Crippen molar-refractivity contribution in [3.63, 3.8) is 0 Å². The van der Waals surface area contributed by atoms with Gasteiger partial charge in [-0.1, -0.05) is 17.7 Å². The van der Waals surface area contributed by atoms with Crippen LogP contribution in [0.5, 0.6) is 0 Å². The molecule has 3 aromatic rings. The summed E-state index contributed by atoms with van der Waals surface area (Å²) in [6.07, 6.45) is 0. The number of rotatable bonds is 7. The standard InChI is InChI=1S/C18H21ClN4O4S/c1-22(2)7-8-23-15-10-13(4-5-16(15)27-18(23)24)21-11-12-3-6-17(14(19)9-12)28(20,25)26/h3-6,9-10,21H,7-8,11H2,1-2H3,(H2,20,25,26). The highest BCUT2D eigenvalue weighted by Gasteiger charge is 2.13. The van der Waals surface area contributed by atoms with Crippen LogP contribution in [0.25, 0.3) is 11.1 Å². The minimum Gasteiger partial charge on any atom is -0.408 e. The first-order valence-corrected chi connectivity index (χ1v) is 10.4. The highest BCUT2D eigenvalue weighted by molar-refractivity contribution is 7.89. The number of sulfonamides is 1. The highest BCUT2D eigenvalue weighted by Crippen LogP contribution is 2.23. The average molecular weight is 425 g/mol. The van der Waals surface area contributed by atoms with Gasteiger partial charge in [0.05, 0.1) is 10.5 Å². The zero-order chi connectivity index (χ0) is 20.5. The molecule has 0 fully saturated rings. The summed E-state index contributed by atoms with van der Waals surface area (Å²) < 4.78 is 29.8. The van der Waals surface area contributed by atoms with Crippen LogP contribution in [0.2, 0.25) is 5.02 Å². The van der Waals surface area contributed by atoms with Crippen molar-refractivity contribution in [1.29, 1.82) is 0 Å². The van der Waals surface area contributed by atoms with Gasteiger partial charge in [-0.2, -0.15) is 0 Å². The second kappa shape index (κ2) is 7.96. The van der Waals surface area contributed by atoms with E-state index >= 15 is 0 Å². The maximum absolute atomic E-state index is 12.1. The molecule has 3 rings (SSSR count). The molecule has 1 aromatic heterocycles. The molecule has 0 aliphatic carbocycles. The molecule has 0 saturated carbocycles. The number of hydrogen-bond donors (Lipinski definition) is 2. The van der Waals surface area contributed by atoms with Gasteiger partial charge < -0.3 is 14.6 Å². The zero-order valence-corrected chi connectivity index (χ0v) is 17.0. The number of oxazole rings is 1. The van der Waals surface area contributed by atoms with E-state index in [1.54, 1.807) is 22.8 Å². The first kappa shape index (κ1) is 20.4. The Labute approximate surface area is 167 Å². The molecule has 10 heteroatoms. The molecule has 0 radical (unpaired) electrons. The largest absolute Gasteiger partial charge is 0.419 e. The van der Waals surface area contributed by atoms with Crippen molar-refractivity contribution in [2.45, 2.75) is 18.0 Å². The smallest absolute Gasteiger partial charge is 0.408 e. The lowest BCUT2D eigenvalue weighted by Crippen LogP contribution is -2.23. The predicted molar refractivity (Wildman–Crippen MR) is 109 cm³/mol. The molecule has 0 aliphatic heterocycles. The van der Waals surface area contributed by atoms with Crippen LogP contribution in [0.4, 0.5) is 5.69 Å². The summed E-state index contributed by atoms with van der Waals surface area (Å²) in [5, 5.41) is 8.42. The number of halogens is 1. The number of fused-ring (bicyclic) bond motifs is 1. The maximum atomic E-state index is 12.1. The topological polar surface area (TPSA) is 111 Å². The molecule has 3 N–H and O–H groups in total. The Morgan fingerprint density at radius 1 is 1.21 bits per heavy atom. The third-order valence-electron chi connectivity index (χ3n) is 4.24. The van der Waals surface area contributed by atoms with Gasteiger partial charge in [-0.25, -0.2) is 18.4 Å². The fraction of sp³-hybridized carbons (Fsp3) is 0.278. The third-order valence-corrected chi connectivity index (χ3v) is 5.63. The lowest BCUT2D eigenvalue weighted by Gasteiger charge is -2.11. The molecule has 1 heterocycles. The van der Waals surface area contributed by atoms with Gasteiger partial charge in [0.25, 0.3) is 0 Å². The summed E-state index contributed by atoms with van der Waals surface area (Å²) in [4.78, 5) is 14.0. The second-order valence-electron chi connectivity index (χ2n) is 6.67. The Morgan fingerprint density at radius 2 is 1.96 bits per heavy atom. The number of aromatic nitrogens is 1. The van der Waals surface area contributed by atoms with Gasteiger partial charge in [0.2, 0.25) is 10.0 Å². The molecule has 0 aliphatic rings. The average Bonchev–Trinajstić information content (AvgIpc) is 2.91. The predicted octanol–water partition coefficient (Wildman–Crippen LogP) is 2.07. The number of hydrogen-bond acceptors (Lipinski definition) is 6. The summed E-state index contributed by atoms with van der Waals surface area (Å²) in [6, 6.07) is 9.97. The molecular weight excluding hydrogens is 404 g/mol. The Kier molecular flexibility index (Phi) is 5.80. The first-order chi connectivity index (χ1) is 13.1. The fourth-order valence-electron chi connectivity index (χ4n) is 2.77. The number of nitrogens with zero attached hydrogens (tertiary/aromatic N) is 2. The third kappa shape index (κ3) is 4.56. The van der Waals surface area contributed by atoms with Crippen LogP contribution in [0.1, 0.15) is 5.56 Å². The van der Waals surface area contributed by atoms with E-state index in [2.05, 4.69) is 5.32 Å². The van der Waals surface area contributed by atoms with Crippen molar-refractivity contribution in [1.82, 2.24) is 9.47 Å². The summed E-state index contributed by atoms with van der Waals surface area (Å²) in [5.41, 5.74) is 2.81. The van der Waals surface area contributed by atoms with Crippen molar-refractivity contribution < 1.29 is 12.8 Å². The zero-order valence-electron chi connectivity index (χ0n) is 15.5. The Bertz CT molecular complexity index is 1170. The molecule has 0 unspecified atom stereocenters. The quantitative estimate of drug-likeness (QED) is 0.600. The van der Waals surface area contributed by atoms with E-state index < -0.39 is 10.0 Å². The van der Waals surface area contributed by atoms with Gasteiger partial charge in [-0.05, 0) is 50.0 Å². The minimum atomic E-state index is -3.85. The highest BCUT2D eigenvalue weighted by atomic mass is 35.5. The van der Waals surface area contributed by atoms with Crippen LogP contribution < -0.4 is 16.2 Å². The minimum absolute atomic E-state index is 0.0737. The number of benzene rings is 2. The normalized spacial score (nSPS) is 12.0. The van der Waals surface area contributed by atoms with Crippen LogP contribution >= 0.6 is 11.6 Å². The van der Waals surface area contributed by atoms with Crippen molar-refractivity contribution in [3.05, 3.63) is 57.5 Å². The number of primary sulfonamides is 1. The van der Waals surface area contributed by atoms with E-state index in [1.807, 2.05) is 31.1 Å². The number of anilines is 1. The van der Waals surface area contributed by atoms with Crippen LogP contribution in [0.15, 0.2) is 50.5 Å². The molecule has 0 spiro atoms. The van der Waals surface area contributed by atoms with Gasteiger partial charge >= 0.3 is 5.76 Å². The molecule has 0 saturated heterocycles. The Balaban J connectivity index is 1.80. The molecule has 0 bridgehead atoms. The van der Waals surface area contributed by atoms with Crippen LogP contribution in [-0.2, 0) is 23.1 Å². The maximum Gasteiger partial charge on any atom is 0.419 e. The van der Waals surface area contributed by atoms with E-state index in [4.69, 9.17) is 21.2 Å². The molecule has 28 heavy (non-hydrogen) atoms. The summed E-state index contributed by atoms with van der Waals surface area (Å²) in [5.74, 6) is -0.389. The summed E-state index contributed by atoms with van der Waals surface area (Å²) in [7, 11) is 0.0198. The fourth-order valence-corrected chi connectivity index (χ4v) is 3.89. The van der Waals surface area contributed by atoms with E-state index in [0.29, 0.717) is 30.7 Å². The Hall–Kier alpha value is -2.33. The van der Waals surface area contributed by atoms with E-state index in [0.717, 1.165) is 11.3 Å². The van der Waals surface area contributed by atoms with Gasteiger partial charge in [-0.15, -0.1) is 0 Å². The number of likely N-dealkylation sites (N-methyl/N-ethyl adjacent to an activating group) is 1. The Morgan fingerprint density at radius 3 is 2.61 bits per heavy atom. The SMILES string of the molecule is CN(C)CCn1c(=O)oc2ccc(NCc3ccc(S(N)(=O)=O)c(Cl)c3)cc21. The summed E-state index contributed by atoms with van der Waals surface area (Å²) in [6.45, 7) is 1.64. The van der Waals surface area contributed by atoms with Crippen molar-refractivity contribution in [2.75, 3.05) is 26.0 Å². The van der Waals surface area contributed by atoms with Gasteiger partial charge in [0.1, 0.15) is 4.90 Å². The van der Waals surface area contributed by atoms with Gasteiger partial charge in [-0.3, -0.25) is 4.57 Å². The van der Waals surface area contributed by atoms with Gasteiger partial charge in [0, 0.05) is 25.3 Å².